The van der Waals surface area contributed by atoms with E-state index < -0.39 is 16.2 Å². The molecule has 0 aromatic rings. The van der Waals surface area contributed by atoms with E-state index in [1.165, 1.54) is 20.5 Å². The molecular formula is C10H19NO4S. The molecule has 6 heteroatoms. The second-order valence-electron chi connectivity index (χ2n) is 4.47. The molecule has 0 bridgehead atoms. The van der Waals surface area contributed by atoms with E-state index in [-0.39, 0.29) is 11.7 Å². The predicted octanol–water partition coefficient (Wildman–Crippen LogP) is 1.59. The number of amides is 1. The minimum Gasteiger partial charge on any atom is -0.328 e. The fraction of sp³-hybridized carbons (Fsp3) is 0.900. The minimum absolute atomic E-state index is 0.0351. The molecule has 0 spiro atoms. The Labute approximate surface area is 96.9 Å². The Kier molecular flexibility index (Phi) is 4.58. The van der Waals surface area contributed by atoms with Crippen molar-refractivity contribution < 1.29 is 17.4 Å². The van der Waals surface area contributed by atoms with Crippen LogP contribution in [0.25, 0.3) is 0 Å². The Morgan fingerprint density at radius 3 is 2.31 bits per heavy atom. The first kappa shape index (κ1) is 13.3. The van der Waals surface area contributed by atoms with Crippen LogP contribution < -0.4 is 0 Å². The molecule has 16 heavy (non-hydrogen) atoms. The molecule has 1 rings (SSSR count). The van der Waals surface area contributed by atoms with Crippen LogP contribution in [0.3, 0.4) is 0 Å². The first-order valence-electron chi connectivity index (χ1n) is 5.54. The summed E-state index contributed by atoms with van der Waals surface area (Å²) >= 11 is 0. The van der Waals surface area contributed by atoms with Crippen molar-refractivity contribution in [2.75, 3.05) is 19.8 Å². The SMILES string of the molecule is CN(C)C(=O)OS(=O)(=O)CC1CCCCC1. The van der Waals surface area contributed by atoms with Crippen LogP contribution >= 0.6 is 0 Å². The lowest BCUT2D eigenvalue weighted by Crippen LogP contribution is -2.29. The third-order valence-electron chi connectivity index (χ3n) is 2.73. The average Bonchev–Trinajstić information content (AvgIpc) is 2.17. The predicted molar refractivity (Wildman–Crippen MR) is 60.5 cm³/mol. The molecule has 0 aromatic heterocycles. The molecule has 0 heterocycles. The molecule has 1 aliphatic rings. The van der Waals surface area contributed by atoms with Gasteiger partial charge in [0, 0.05) is 14.1 Å². The van der Waals surface area contributed by atoms with E-state index in [1.54, 1.807) is 0 Å². The fourth-order valence-corrected chi connectivity index (χ4v) is 3.20. The molecule has 1 aliphatic carbocycles. The highest BCUT2D eigenvalue weighted by Crippen LogP contribution is 2.25. The number of carbonyl (C=O) groups is 1. The molecular weight excluding hydrogens is 230 g/mol. The van der Waals surface area contributed by atoms with Crippen molar-refractivity contribution in [2.24, 2.45) is 5.92 Å². The van der Waals surface area contributed by atoms with E-state index in [0.717, 1.165) is 30.6 Å². The van der Waals surface area contributed by atoms with Crippen molar-refractivity contribution in [2.45, 2.75) is 32.1 Å². The molecule has 0 N–H and O–H groups in total. The van der Waals surface area contributed by atoms with Crippen molar-refractivity contribution in [3.63, 3.8) is 0 Å². The maximum absolute atomic E-state index is 11.5. The Bertz CT molecular complexity index is 331. The van der Waals surface area contributed by atoms with Crippen LogP contribution in [0.5, 0.6) is 0 Å². The third-order valence-corrected chi connectivity index (χ3v) is 4.00. The van der Waals surface area contributed by atoms with E-state index >= 15 is 0 Å². The standard InChI is InChI=1S/C10H19NO4S/c1-11(2)10(12)15-16(13,14)8-9-6-4-3-5-7-9/h9H,3-8H2,1-2H3. The summed E-state index contributed by atoms with van der Waals surface area (Å²) in [5, 5.41) is 0. The number of hydrogen-bond acceptors (Lipinski definition) is 4. The van der Waals surface area contributed by atoms with Gasteiger partial charge >= 0.3 is 16.2 Å². The van der Waals surface area contributed by atoms with Gasteiger partial charge in [0.25, 0.3) is 0 Å². The zero-order valence-corrected chi connectivity index (χ0v) is 10.6. The molecule has 0 unspecified atom stereocenters. The second-order valence-corrected chi connectivity index (χ2v) is 6.09. The second kappa shape index (κ2) is 5.52. The van der Waals surface area contributed by atoms with E-state index in [2.05, 4.69) is 4.18 Å². The zero-order valence-electron chi connectivity index (χ0n) is 9.81. The van der Waals surface area contributed by atoms with Gasteiger partial charge in [-0.05, 0) is 18.8 Å². The third kappa shape index (κ3) is 4.38. The quantitative estimate of drug-likeness (QED) is 0.713. The highest BCUT2D eigenvalue weighted by molar-refractivity contribution is 7.87. The lowest BCUT2D eigenvalue weighted by atomic mass is 9.91. The molecule has 0 radical (unpaired) electrons. The topological polar surface area (TPSA) is 63.7 Å². The minimum atomic E-state index is -3.72. The van der Waals surface area contributed by atoms with E-state index in [4.69, 9.17) is 0 Å². The highest BCUT2D eigenvalue weighted by atomic mass is 32.2. The van der Waals surface area contributed by atoms with Crippen molar-refractivity contribution in [1.82, 2.24) is 4.90 Å². The van der Waals surface area contributed by atoms with Gasteiger partial charge in [0.15, 0.2) is 0 Å². The normalized spacial score (nSPS) is 18.1. The van der Waals surface area contributed by atoms with E-state index in [0.29, 0.717) is 0 Å². The zero-order chi connectivity index (χ0) is 12.2. The van der Waals surface area contributed by atoms with E-state index in [1.807, 2.05) is 0 Å². The largest absolute Gasteiger partial charge is 0.424 e. The Morgan fingerprint density at radius 2 is 1.81 bits per heavy atom. The molecule has 1 fully saturated rings. The summed E-state index contributed by atoms with van der Waals surface area (Å²) in [6, 6.07) is 0. The highest BCUT2D eigenvalue weighted by Gasteiger charge is 2.25. The molecule has 94 valence electrons. The molecule has 1 amide bonds. The van der Waals surface area contributed by atoms with Gasteiger partial charge in [-0.3, -0.25) is 0 Å². The lowest BCUT2D eigenvalue weighted by molar-refractivity contribution is 0.173. The van der Waals surface area contributed by atoms with Crippen LogP contribution in [-0.2, 0) is 14.3 Å². The number of carbonyl (C=O) groups excluding carboxylic acids is 1. The Morgan fingerprint density at radius 1 is 1.25 bits per heavy atom. The first-order valence-corrected chi connectivity index (χ1v) is 7.12. The van der Waals surface area contributed by atoms with Gasteiger partial charge in [0.05, 0.1) is 5.75 Å². The molecule has 0 aliphatic heterocycles. The molecule has 0 aromatic carbocycles. The van der Waals surface area contributed by atoms with Gasteiger partial charge < -0.3 is 9.08 Å². The van der Waals surface area contributed by atoms with Crippen molar-refractivity contribution in [3.05, 3.63) is 0 Å². The van der Waals surface area contributed by atoms with Gasteiger partial charge in [-0.15, -0.1) is 0 Å². The number of rotatable bonds is 3. The summed E-state index contributed by atoms with van der Waals surface area (Å²) in [5.41, 5.74) is 0. The summed E-state index contributed by atoms with van der Waals surface area (Å²) in [7, 11) is -0.803. The summed E-state index contributed by atoms with van der Waals surface area (Å²) in [4.78, 5) is 12.2. The maximum Gasteiger partial charge on any atom is 0.424 e. The van der Waals surface area contributed by atoms with Crippen LogP contribution in [0, 0.1) is 5.92 Å². The van der Waals surface area contributed by atoms with E-state index in [9.17, 15) is 13.2 Å². The monoisotopic (exact) mass is 249 g/mol. The van der Waals surface area contributed by atoms with Crippen LogP contribution in [0.4, 0.5) is 4.79 Å². The summed E-state index contributed by atoms with van der Waals surface area (Å²) in [5.74, 6) is 0.112. The van der Waals surface area contributed by atoms with Gasteiger partial charge in [0.1, 0.15) is 0 Å². The van der Waals surface area contributed by atoms with Crippen LogP contribution in [0.15, 0.2) is 0 Å². The number of hydrogen-bond donors (Lipinski definition) is 0. The van der Waals surface area contributed by atoms with Gasteiger partial charge in [-0.1, -0.05) is 19.3 Å². The van der Waals surface area contributed by atoms with Crippen LogP contribution in [0.1, 0.15) is 32.1 Å². The van der Waals surface area contributed by atoms with Gasteiger partial charge in [-0.25, -0.2) is 4.79 Å². The van der Waals surface area contributed by atoms with Crippen LogP contribution in [-0.4, -0.2) is 39.3 Å². The summed E-state index contributed by atoms with van der Waals surface area (Å²) in [6.45, 7) is 0. The van der Waals surface area contributed by atoms with Gasteiger partial charge in [0.2, 0.25) is 0 Å². The van der Waals surface area contributed by atoms with Gasteiger partial charge in [-0.2, -0.15) is 8.42 Å². The summed E-state index contributed by atoms with van der Waals surface area (Å²) < 4.78 is 27.5. The molecule has 0 atom stereocenters. The van der Waals surface area contributed by atoms with Crippen molar-refractivity contribution in [3.8, 4) is 0 Å². The smallest absolute Gasteiger partial charge is 0.328 e. The van der Waals surface area contributed by atoms with Crippen LogP contribution in [0.2, 0.25) is 0 Å². The Balaban J connectivity index is 2.47. The summed E-state index contributed by atoms with van der Waals surface area (Å²) in [6.07, 6.45) is 4.32. The lowest BCUT2D eigenvalue weighted by Gasteiger charge is -2.21. The molecule has 1 saturated carbocycles. The molecule has 0 saturated heterocycles. The van der Waals surface area contributed by atoms with Crippen molar-refractivity contribution in [1.29, 1.82) is 0 Å². The fourth-order valence-electron chi connectivity index (χ4n) is 1.86. The van der Waals surface area contributed by atoms with Crippen molar-refractivity contribution >= 4 is 16.2 Å². The average molecular weight is 249 g/mol. The number of nitrogens with zero attached hydrogens (tertiary/aromatic N) is 1. The Hall–Kier alpha value is -0.780. The maximum atomic E-state index is 11.5. The molecule has 5 nitrogen and oxygen atoms in total. The first-order chi connectivity index (χ1) is 7.41.